The molecule has 0 amide bonds. The van der Waals surface area contributed by atoms with E-state index in [9.17, 15) is 4.39 Å². The number of nitrogens with one attached hydrogen (secondary N) is 1. The predicted octanol–water partition coefficient (Wildman–Crippen LogP) is 4.57. The van der Waals surface area contributed by atoms with Gasteiger partial charge in [0.2, 0.25) is 0 Å². The van der Waals surface area contributed by atoms with Gasteiger partial charge in [-0.2, -0.15) is 0 Å². The molecule has 1 fully saturated rings. The fourth-order valence-electron chi connectivity index (χ4n) is 2.59. The van der Waals surface area contributed by atoms with Crippen molar-refractivity contribution in [2.45, 2.75) is 18.9 Å². The maximum absolute atomic E-state index is 13.0. The lowest BCUT2D eigenvalue weighted by Crippen LogP contribution is -2.12. The van der Waals surface area contributed by atoms with Gasteiger partial charge in [-0.3, -0.25) is 0 Å². The molecule has 3 heteroatoms. The molecule has 1 saturated heterocycles. The molecule has 0 spiro atoms. The van der Waals surface area contributed by atoms with Gasteiger partial charge in [0.05, 0.1) is 5.02 Å². The molecule has 2 aromatic rings. The summed E-state index contributed by atoms with van der Waals surface area (Å²) in [5.41, 5.74) is 3.19. The summed E-state index contributed by atoms with van der Waals surface area (Å²) in [7, 11) is 0. The van der Waals surface area contributed by atoms with E-state index in [1.165, 1.54) is 30.5 Å². The van der Waals surface area contributed by atoms with Crippen molar-refractivity contribution < 1.29 is 4.39 Å². The highest BCUT2D eigenvalue weighted by atomic mass is 35.5. The second-order valence-electron chi connectivity index (χ2n) is 4.90. The van der Waals surface area contributed by atoms with Gasteiger partial charge in [0.25, 0.3) is 0 Å². The highest BCUT2D eigenvalue weighted by molar-refractivity contribution is 6.33. The third-order valence-electron chi connectivity index (χ3n) is 3.62. The highest BCUT2D eigenvalue weighted by Crippen LogP contribution is 2.30. The van der Waals surface area contributed by atoms with Crippen molar-refractivity contribution in [2.75, 3.05) is 6.54 Å². The molecule has 19 heavy (non-hydrogen) atoms. The van der Waals surface area contributed by atoms with Crippen LogP contribution in [0.1, 0.15) is 24.4 Å². The topological polar surface area (TPSA) is 12.0 Å². The van der Waals surface area contributed by atoms with Gasteiger partial charge in [-0.05, 0) is 48.7 Å². The van der Waals surface area contributed by atoms with E-state index in [1.54, 1.807) is 6.07 Å². The first-order valence-corrected chi connectivity index (χ1v) is 6.90. The Morgan fingerprint density at radius 1 is 1.11 bits per heavy atom. The van der Waals surface area contributed by atoms with Gasteiger partial charge < -0.3 is 5.32 Å². The van der Waals surface area contributed by atoms with Crippen LogP contribution in [0.3, 0.4) is 0 Å². The van der Waals surface area contributed by atoms with Crippen molar-refractivity contribution >= 4 is 11.6 Å². The molecule has 1 heterocycles. The molecule has 2 aromatic carbocycles. The Bertz CT molecular complexity index is 574. The molecular weight excluding hydrogens is 261 g/mol. The van der Waals surface area contributed by atoms with Crippen LogP contribution in [0.4, 0.5) is 4.39 Å². The standard InChI is InChI=1S/C16H15ClFN/c17-15-10-13(18)7-8-14(15)11-3-5-12(6-4-11)16-2-1-9-19-16/h3-8,10,16,19H,1-2,9H2. The van der Waals surface area contributed by atoms with Crippen LogP contribution in [0, 0.1) is 5.82 Å². The zero-order chi connectivity index (χ0) is 13.2. The van der Waals surface area contributed by atoms with E-state index in [1.807, 2.05) is 0 Å². The molecule has 3 rings (SSSR count). The van der Waals surface area contributed by atoms with E-state index >= 15 is 0 Å². The molecule has 0 saturated carbocycles. The number of halogens is 2. The molecule has 1 atom stereocenters. The number of rotatable bonds is 2. The first kappa shape index (κ1) is 12.6. The predicted molar refractivity (Wildman–Crippen MR) is 76.8 cm³/mol. The van der Waals surface area contributed by atoms with Gasteiger partial charge in [-0.15, -0.1) is 0 Å². The Labute approximate surface area is 117 Å². The third kappa shape index (κ3) is 2.65. The summed E-state index contributed by atoms with van der Waals surface area (Å²) in [5, 5.41) is 3.93. The normalized spacial score (nSPS) is 18.7. The van der Waals surface area contributed by atoms with Crippen molar-refractivity contribution in [1.82, 2.24) is 5.32 Å². The number of hydrogen-bond acceptors (Lipinski definition) is 1. The zero-order valence-corrected chi connectivity index (χ0v) is 11.3. The van der Waals surface area contributed by atoms with E-state index in [0.29, 0.717) is 11.1 Å². The largest absolute Gasteiger partial charge is 0.310 e. The second-order valence-corrected chi connectivity index (χ2v) is 5.30. The maximum Gasteiger partial charge on any atom is 0.124 e. The number of hydrogen-bond donors (Lipinski definition) is 1. The van der Waals surface area contributed by atoms with Gasteiger partial charge >= 0.3 is 0 Å². The quantitative estimate of drug-likeness (QED) is 0.846. The van der Waals surface area contributed by atoms with Crippen LogP contribution in [0.25, 0.3) is 11.1 Å². The van der Waals surface area contributed by atoms with Gasteiger partial charge in [0, 0.05) is 11.6 Å². The van der Waals surface area contributed by atoms with Gasteiger partial charge in [-0.25, -0.2) is 4.39 Å². The maximum atomic E-state index is 13.0. The molecule has 0 radical (unpaired) electrons. The summed E-state index contributed by atoms with van der Waals surface area (Å²) >= 11 is 6.08. The van der Waals surface area contributed by atoms with Crippen molar-refractivity contribution in [3.8, 4) is 11.1 Å². The molecule has 1 N–H and O–H groups in total. The average Bonchev–Trinajstić information content (AvgIpc) is 2.93. The van der Waals surface area contributed by atoms with Gasteiger partial charge in [0.1, 0.15) is 5.82 Å². The first-order chi connectivity index (χ1) is 9.24. The van der Waals surface area contributed by atoms with Crippen molar-refractivity contribution in [1.29, 1.82) is 0 Å². The minimum absolute atomic E-state index is 0.305. The Morgan fingerprint density at radius 3 is 2.53 bits per heavy atom. The molecule has 98 valence electrons. The summed E-state index contributed by atoms with van der Waals surface area (Å²) in [6, 6.07) is 13.3. The average molecular weight is 276 g/mol. The van der Waals surface area contributed by atoms with Crippen LogP contribution in [0.15, 0.2) is 42.5 Å². The smallest absolute Gasteiger partial charge is 0.124 e. The van der Waals surface area contributed by atoms with Crippen molar-refractivity contribution in [2.24, 2.45) is 0 Å². The lowest BCUT2D eigenvalue weighted by Gasteiger charge is -2.12. The van der Waals surface area contributed by atoms with E-state index in [2.05, 4.69) is 29.6 Å². The number of benzene rings is 2. The lowest BCUT2D eigenvalue weighted by molar-refractivity contribution is 0.628. The lowest BCUT2D eigenvalue weighted by atomic mass is 10.00. The minimum atomic E-state index is -0.305. The van der Waals surface area contributed by atoms with Crippen LogP contribution in [0.2, 0.25) is 5.02 Å². The molecule has 1 aliphatic heterocycles. The Hall–Kier alpha value is -1.38. The van der Waals surface area contributed by atoms with Crippen LogP contribution in [0.5, 0.6) is 0 Å². The second kappa shape index (κ2) is 5.32. The Morgan fingerprint density at radius 2 is 1.89 bits per heavy atom. The first-order valence-electron chi connectivity index (χ1n) is 6.53. The van der Waals surface area contributed by atoms with E-state index < -0.39 is 0 Å². The summed E-state index contributed by atoms with van der Waals surface area (Å²) in [6.45, 7) is 1.09. The van der Waals surface area contributed by atoms with Crippen LogP contribution < -0.4 is 5.32 Å². The summed E-state index contributed by atoms with van der Waals surface area (Å²) < 4.78 is 13.0. The zero-order valence-electron chi connectivity index (χ0n) is 10.5. The molecule has 0 aromatic heterocycles. The highest BCUT2D eigenvalue weighted by Gasteiger charge is 2.15. The monoisotopic (exact) mass is 275 g/mol. The molecule has 1 nitrogen and oxygen atoms in total. The van der Waals surface area contributed by atoms with Gasteiger partial charge in [-0.1, -0.05) is 35.9 Å². The van der Waals surface area contributed by atoms with Crippen molar-refractivity contribution in [3.05, 3.63) is 58.9 Å². The van der Waals surface area contributed by atoms with E-state index in [-0.39, 0.29) is 5.82 Å². The molecule has 0 aliphatic carbocycles. The third-order valence-corrected chi connectivity index (χ3v) is 3.93. The van der Waals surface area contributed by atoms with Crippen molar-refractivity contribution in [3.63, 3.8) is 0 Å². The minimum Gasteiger partial charge on any atom is -0.310 e. The molecule has 0 bridgehead atoms. The Balaban J connectivity index is 1.89. The van der Waals surface area contributed by atoms with Gasteiger partial charge in [0.15, 0.2) is 0 Å². The Kier molecular flexibility index (Phi) is 3.54. The molecule has 1 unspecified atom stereocenters. The van der Waals surface area contributed by atoms with Crippen LogP contribution in [-0.4, -0.2) is 6.54 Å². The van der Waals surface area contributed by atoms with E-state index in [4.69, 9.17) is 11.6 Å². The SMILES string of the molecule is Fc1ccc(-c2ccc(C3CCCN3)cc2)c(Cl)c1. The van der Waals surface area contributed by atoms with E-state index in [0.717, 1.165) is 17.7 Å². The summed E-state index contributed by atoms with van der Waals surface area (Å²) in [5.74, 6) is -0.305. The van der Waals surface area contributed by atoms with Crippen LogP contribution >= 0.6 is 11.6 Å². The fraction of sp³-hybridized carbons (Fsp3) is 0.250. The van der Waals surface area contributed by atoms with Crippen LogP contribution in [-0.2, 0) is 0 Å². The summed E-state index contributed by atoms with van der Waals surface area (Å²) in [6.07, 6.45) is 2.42. The fourth-order valence-corrected chi connectivity index (χ4v) is 2.86. The summed E-state index contributed by atoms with van der Waals surface area (Å²) in [4.78, 5) is 0. The molecule has 1 aliphatic rings. The molecular formula is C16H15ClFN.